The van der Waals surface area contributed by atoms with E-state index >= 15 is 0 Å². The van der Waals surface area contributed by atoms with Crippen LogP contribution in [0.25, 0.3) is 11.8 Å². The Labute approximate surface area is 120 Å². The molecule has 0 amide bonds. The lowest BCUT2D eigenvalue weighted by Crippen LogP contribution is -2.09. The maximum atomic E-state index is 5.50. The summed E-state index contributed by atoms with van der Waals surface area (Å²) in [5.41, 5.74) is 2.52. The molecule has 0 saturated carbocycles. The fourth-order valence-electron chi connectivity index (χ4n) is 2.09. The standard InChI is InChI=1S/C17H22N2O/c1-5-20-15-8-6-14(7-9-15)16(17(2,3)4)12-19-11-10-18-13-19/h6-13H,5H2,1-4H3/b16-12-. The van der Waals surface area contributed by atoms with E-state index in [-0.39, 0.29) is 5.41 Å². The van der Waals surface area contributed by atoms with E-state index < -0.39 is 0 Å². The maximum Gasteiger partial charge on any atom is 0.119 e. The van der Waals surface area contributed by atoms with Crippen molar-refractivity contribution in [3.63, 3.8) is 0 Å². The van der Waals surface area contributed by atoms with E-state index in [1.165, 1.54) is 11.1 Å². The Bertz CT molecular complexity index is 560. The summed E-state index contributed by atoms with van der Waals surface area (Å²) in [5.74, 6) is 0.909. The van der Waals surface area contributed by atoms with Gasteiger partial charge in [0.1, 0.15) is 5.75 Å². The predicted octanol–water partition coefficient (Wildman–Crippen LogP) is 4.33. The van der Waals surface area contributed by atoms with Crippen LogP contribution in [0, 0.1) is 5.41 Å². The lowest BCUT2D eigenvalue weighted by Gasteiger charge is -2.24. The average molecular weight is 270 g/mol. The van der Waals surface area contributed by atoms with Crippen molar-refractivity contribution in [2.45, 2.75) is 27.7 Å². The first-order chi connectivity index (χ1) is 9.50. The molecule has 2 rings (SSSR count). The van der Waals surface area contributed by atoms with E-state index in [9.17, 15) is 0 Å². The van der Waals surface area contributed by atoms with Crippen LogP contribution in [0.1, 0.15) is 33.3 Å². The number of ether oxygens (including phenoxy) is 1. The average Bonchev–Trinajstić information content (AvgIpc) is 2.89. The number of rotatable bonds is 4. The van der Waals surface area contributed by atoms with Crippen molar-refractivity contribution in [3.05, 3.63) is 48.5 Å². The topological polar surface area (TPSA) is 27.1 Å². The highest BCUT2D eigenvalue weighted by Crippen LogP contribution is 2.35. The molecule has 1 aromatic heterocycles. The van der Waals surface area contributed by atoms with Crippen molar-refractivity contribution in [1.29, 1.82) is 0 Å². The molecule has 0 aliphatic carbocycles. The largest absolute Gasteiger partial charge is 0.494 e. The van der Waals surface area contributed by atoms with Gasteiger partial charge in [0, 0.05) is 18.6 Å². The van der Waals surface area contributed by atoms with Crippen molar-refractivity contribution in [1.82, 2.24) is 9.55 Å². The van der Waals surface area contributed by atoms with Crippen molar-refractivity contribution in [2.75, 3.05) is 6.61 Å². The molecular formula is C17H22N2O. The second kappa shape index (κ2) is 5.95. The van der Waals surface area contributed by atoms with Crippen LogP contribution in [-0.4, -0.2) is 16.2 Å². The molecule has 0 fully saturated rings. The minimum Gasteiger partial charge on any atom is -0.494 e. The molecule has 0 atom stereocenters. The highest BCUT2D eigenvalue weighted by Gasteiger charge is 2.19. The van der Waals surface area contributed by atoms with Crippen LogP contribution in [0.3, 0.4) is 0 Å². The molecule has 20 heavy (non-hydrogen) atoms. The molecule has 1 aromatic carbocycles. The number of benzene rings is 1. The number of aromatic nitrogens is 2. The zero-order chi connectivity index (χ0) is 14.6. The van der Waals surface area contributed by atoms with Gasteiger partial charge in [-0.3, -0.25) is 0 Å². The van der Waals surface area contributed by atoms with Gasteiger partial charge in [0.2, 0.25) is 0 Å². The van der Waals surface area contributed by atoms with Crippen LogP contribution in [0.4, 0.5) is 0 Å². The first-order valence-corrected chi connectivity index (χ1v) is 6.93. The van der Waals surface area contributed by atoms with Crippen LogP contribution in [0.15, 0.2) is 43.0 Å². The molecule has 106 valence electrons. The third kappa shape index (κ3) is 3.50. The van der Waals surface area contributed by atoms with Gasteiger partial charge in [0.25, 0.3) is 0 Å². The summed E-state index contributed by atoms with van der Waals surface area (Å²) >= 11 is 0. The Morgan fingerprint density at radius 2 is 1.95 bits per heavy atom. The third-order valence-corrected chi connectivity index (χ3v) is 3.09. The number of imidazole rings is 1. The van der Waals surface area contributed by atoms with Gasteiger partial charge in [-0.25, -0.2) is 4.98 Å². The van der Waals surface area contributed by atoms with Gasteiger partial charge < -0.3 is 9.30 Å². The number of allylic oxidation sites excluding steroid dienone is 1. The molecule has 2 aromatic rings. The molecular weight excluding hydrogens is 248 g/mol. The Balaban J connectivity index is 2.37. The van der Waals surface area contributed by atoms with Gasteiger partial charge in [-0.2, -0.15) is 0 Å². The third-order valence-electron chi connectivity index (χ3n) is 3.09. The van der Waals surface area contributed by atoms with E-state index in [1.807, 2.05) is 29.8 Å². The van der Waals surface area contributed by atoms with Crippen molar-refractivity contribution >= 4 is 11.8 Å². The van der Waals surface area contributed by atoms with Gasteiger partial charge >= 0.3 is 0 Å². The highest BCUT2D eigenvalue weighted by molar-refractivity contribution is 5.78. The van der Waals surface area contributed by atoms with Crippen LogP contribution in [-0.2, 0) is 0 Å². The van der Waals surface area contributed by atoms with Gasteiger partial charge in [-0.1, -0.05) is 32.9 Å². The van der Waals surface area contributed by atoms with Gasteiger partial charge in [-0.05, 0) is 35.6 Å². The van der Waals surface area contributed by atoms with Crippen LogP contribution in [0.5, 0.6) is 5.75 Å². The first-order valence-electron chi connectivity index (χ1n) is 6.93. The molecule has 1 heterocycles. The van der Waals surface area contributed by atoms with Crippen molar-refractivity contribution in [2.24, 2.45) is 5.41 Å². The zero-order valence-electron chi connectivity index (χ0n) is 12.6. The Hall–Kier alpha value is -2.03. The molecule has 0 radical (unpaired) electrons. The molecule has 0 aliphatic rings. The predicted molar refractivity (Wildman–Crippen MR) is 83.5 cm³/mol. The van der Waals surface area contributed by atoms with Crippen LogP contribution in [0.2, 0.25) is 0 Å². The monoisotopic (exact) mass is 270 g/mol. The molecule has 0 unspecified atom stereocenters. The van der Waals surface area contributed by atoms with Crippen molar-refractivity contribution in [3.8, 4) is 5.75 Å². The number of hydrogen-bond donors (Lipinski definition) is 0. The molecule has 0 aliphatic heterocycles. The summed E-state index contributed by atoms with van der Waals surface area (Å²) in [6.07, 6.45) is 7.66. The van der Waals surface area contributed by atoms with Gasteiger partial charge in [-0.15, -0.1) is 0 Å². The summed E-state index contributed by atoms with van der Waals surface area (Å²) in [4.78, 5) is 4.09. The van der Waals surface area contributed by atoms with E-state index in [4.69, 9.17) is 4.74 Å². The molecule has 3 nitrogen and oxygen atoms in total. The van der Waals surface area contributed by atoms with Gasteiger partial charge in [0.15, 0.2) is 0 Å². The normalized spacial score (nSPS) is 12.5. The zero-order valence-corrected chi connectivity index (χ0v) is 12.6. The summed E-state index contributed by atoms with van der Waals surface area (Å²) in [7, 11) is 0. The molecule has 3 heteroatoms. The van der Waals surface area contributed by atoms with Crippen molar-refractivity contribution < 1.29 is 4.74 Å². The number of nitrogens with zero attached hydrogens (tertiary/aromatic N) is 2. The first kappa shape index (κ1) is 14.4. The summed E-state index contributed by atoms with van der Waals surface area (Å²) in [6, 6.07) is 8.26. The van der Waals surface area contributed by atoms with E-state index in [1.54, 1.807) is 12.5 Å². The summed E-state index contributed by atoms with van der Waals surface area (Å²) in [5, 5.41) is 0. The Kier molecular flexibility index (Phi) is 4.28. The summed E-state index contributed by atoms with van der Waals surface area (Å²) in [6.45, 7) is 9.33. The smallest absolute Gasteiger partial charge is 0.119 e. The quantitative estimate of drug-likeness (QED) is 0.827. The fourth-order valence-corrected chi connectivity index (χ4v) is 2.09. The second-order valence-electron chi connectivity index (χ2n) is 5.76. The Morgan fingerprint density at radius 1 is 1.25 bits per heavy atom. The fraction of sp³-hybridized carbons (Fsp3) is 0.353. The second-order valence-corrected chi connectivity index (χ2v) is 5.76. The number of hydrogen-bond acceptors (Lipinski definition) is 2. The SMILES string of the molecule is CCOc1ccc(/C(=C/n2ccnc2)C(C)(C)C)cc1. The van der Waals surface area contributed by atoms with Crippen LogP contribution >= 0.6 is 0 Å². The minimum atomic E-state index is 0.0530. The molecule has 0 spiro atoms. The summed E-state index contributed by atoms with van der Waals surface area (Å²) < 4.78 is 7.48. The lowest BCUT2D eigenvalue weighted by atomic mass is 9.82. The van der Waals surface area contributed by atoms with Crippen LogP contribution < -0.4 is 4.74 Å². The molecule has 0 saturated heterocycles. The Morgan fingerprint density at radius 3 is 2.45 bits per heavy atom. The lowest BCUT2D eigenvalue weighted by molar-refractivity contribution is 0.340. The minimum absolute atomic E-state index is 0.0530. The molecule has 0 bridgehead atoms. The van der Waals surface area contributed by atoms with E-state index in [2.05, 4.69) is 44.1 Å². The van der Waals surface area contributed by atoms with Gasteiger partial charge in [0.05, 0.1) is 12.9 Å². The maximum absolute atomic E-state index is 5.50. The molecule has 0 N–H and O–H groups in total. The van der Waals surface area contributed by atoms with E-state index in [0.717, 1.165) is 5.75 Å². The van der Waals surface area contributed by atoms with E-state index in [0.29, 0.717) is 6.61 Å². The highest BCUT2D eigenvalue weighted by atomic mass is 16.5.